The second-order valence-electron chi connectivity index (χ2n) is 6.06. The molecule has 0 saturated carbocycles. The van der Waals surface area contributed by atoms with Gasteiger partial charge in [-0.15, -0.1) is 0 Å². The monoisotopic (exact) mass is 300 g/mol. The lowest BCUT2D eigenvalue weighted by atomic mass is 9.87. The number of fused-ring (bicyclic) bond motifs is 1. The molecular weight excluding hydrogens is 284 g/mol. The molecule has 0 bridgehead atoms. The molecule has 0 fully saturated rings. The van der Waals surface area contributed by atoms with Gasteiger partial charge in [0.05, 0.1) is 16.7 Å². The lowest BCUT2D eigenvalue weighted by Gasteiger charge is -2.20. The van der Waals surface area contributed by atoms with Crippen LogP contribution in [0.4, 0.5) is 0 Å². The van der Waals surface area contributed by atoms with Crippen LogP contribution in [-0.2, 0) is 5.41 Å². The third-order valence-electron chi connectivity index (χ3n) is 3.39. The molecule has 0 spiro atoms. The number of halogens is 1. The van der Waals surface area contributed by atoms with Crippen LogP contribution in [0.25, 0.3) is 5.52 Å². The van der Waals surface area contributed by atoms with Gasteiger partial charge in [-0.25, -0.2) is 4.52 Å². The van der Waals surface area contributed by atoms with Crippen molar-refractivity contribution < 1.29 is 4.74 Å². The number of hydrogen-bond donors (Lipinski definition) is 0. The molecule has 2 heterocycles. The summed E-state index contributed by atoms with van der Waals surface area (Å²) in [5.41, 5.74) is 2.27. The average molecular weight is 301 g/mol. The van der Waals surface area contributed by atoms with Crippen molar-refractivity contribution in [3.05, 3.63) is 59.4 Å². The van der Waals surface area contributed by atoms with Crippen molar-refractivity contribution in [2.24, 2.45) is 0 Å². The molecule has 0 aliphatic rings. The first-order valence-corrected chi connectivity index (χ1v) is 7.22. The Morgan fingerprint density at radius 2 is 1.90 bits per heavy atom. The van der Waals surface area contributed by atoms with Gasteiger partial charge in [0.25, 0.3) is 0 Å². The van der Waals surface area contributed by atoms with Gasteiger partial charge in [-0.1, -0.05) is 38.4 Å². The molecule has 3 nitrogen and oxygen atoms in total. The zero-order valence-corrected chi connectivity index (χ0v) is 13.1. The van der Waals surface area contributed by atoms with Crippen LogP contribution in [0.15, 0.2) is 48.8 Å². The highest BCUT2D eigenvalue weighted by atomic mass is 35.5. The summed E-state index contributed by atoms with van der Waals surface area (Å²) in [4.78, 5) is 0. The quantitative estimate of drug-likeness (QED) is 0.660. The van der Waals surface area contributed by atoms with Crippen LogP contribution in [0.2, 0.25) is 5.02 Å². The van der Waals surface area contributed by atoms with Gasteiger partial charge in [0.2, 0.25) is 0 Å². The summed E-state index contributed by atoms with van der Waals surface area (Å²) in [7, 11) is 0. The second kappa shape index (κ2) is 5.08. The number of ether oxygens (including phenoxy) is 1. The van der Waals surface area contributed by atoms with Crippen LogP contribution >= 0.6 is 11.6 Å². The standard InChI is InChI=1S/C17H17ClN2O/c1-17(2,3)12-4-7-16(15(18)10-12)21-14-6-5-13-8-9-19-20(13)11-14/h4-11H,1-3H3. The lowest BCUT2D eigenvalue weighted by molar-refractivity contribution is 0.477. The Bertz CT molecular complexity index is 787. The van der Waals surface area contributed by atoms with Crippen LogP contribution < -0.4 is 4.74 Å². The molecule has 0 N–H and O–H groups in total. The fourth-order valence-corrected chi connectivity index (χ4v) is 2.35. The maximum atomic E-state index is 6.34. The van der Waals surface area contributed by atoms with Crippen molar-refractivity contribution in [1.29, 1.82) is 0 Å². The molecule has 21 heavy (non-hydrogen) atoms. The van der Waals surface area contributed by atoms with E-state index in [1.807, 2.05) is 42.6 Å². The molecule has 2 aromatic heterocycles. The zero-order valence-electron chi connectivity index (χ0n) is 12.3. The van der Waals surface area contributed by atoms with Gasteiger partial charge >= 0.3 is 0 Å². The minimum atomic E-state index is 0.0656. The Kier molecular flexibility index (Phi) is 3.38. The van der Waals surface area contributed by atoms with Gasteiger partial charge in [0, 0.05) is 6.20 Å². The summed E-state index contributed by atoms with van der Waals surface area (Å²) < 4.78 is 7.63. The fraction of sp³-hybridized carbons (Fsp3) is 0.235. The van der Waals surface area contributed by atoms with E-state index >= 15 is 0 Å². The highest BCUT2D eigenvalue weighted by Crippen LogP contribution is 2.33. The Morgan fingerprint density at radius 3 is 2.62 bits per heavy atom. The Balaban J connectivity index is 1.90. The third-order valence-corrected chi connectivity index (χ3v) is 3.69. The van der Waals surface area contributed by atoms with Crippen LogP contribution in [-0.4, -0.2) is 9.61 Å². The second-order valence-corrected chi connectivity index (χ2v) is 6.47. The number of rotatable bonds is 2. The summed E-state index contributed by atoms with van der Waals surface area (Å²) in [6.45, 7) is 6.47. The molecular formula is C17H17ClN2O. The van der Waals surface area contributed by atoms with E-state index in [9.17, 15) is 0 Å². The maximum absolute atomic E-state index is 6.34. The molecule has 4 heteroatoms. The van der Waals surface area contributed by atoms with E-state index in [4.69, 9.17) is 16.3 Å². The zero-order chi connectivity index (χ0) is 15.0. The van der Waals surface area contributed by atoms with E-state index in [1.54, 1.807) is 10.7 Å². The van der Waals surface area contributed by atoms with E-state index < -0.39 is 0 Å². The van der Waals surface area contributed by atoms with Crippen LogP contribution in [0, 0.1) is 0 Å². The van der Waals surface area contributed by atoms with Crippen LogP contribution in [0.1, 0.15) is 26.3 Å². The smallest absolute Gasteiger partial charge is 0.146 e. The molecule has 1 aromatic carbocycles. The molecule has 0 aliphatic heterocycles. The van der Waals surface area contributed by atoms with Gasteiger partial charge in [-0.2, -0.15) is 5.10 Å². The molecule has 3 rings (SSSR count). The van der Waals surface area contributed by atoms with E-state index in [2.05, 4.69) is 25.9 Å². The maximum Gasteiger partial charge on any atom is 0.146 e. The molecule has 0 atom stereocenters. The summed E-state index contributed by atoms with van der Waals surface area (Å²) in [6, 6.07) is 11.7. The lowest BCUT2D eigenvalue weighted by Crippen LogP contribution is -2.10. The Hall–Kier alpha value is -2.00. The average Bonchev–Trinajstić information content (AvgIpc) is 2.87. The van der Waals surface area contributed by atoms with Gasteiger partial charge in [-0.3, -0.25) is 0 Å². The highest BCUT2D eigenvalue weighted by molar-refractivity contribution is 6.32. The number of aromatic nitrogens is 2. The van der Waals surface area contributed by atoms with Crippen molar-refractivity contribution in [3.63, 3.8) is 0 Å². The molecule has 0 amide bonds. The first-order valence-electron chi connectivity index (χ1n) is 6.85. The van der Waals surface area contributed by atoms with Crippen molar-refractivity contribution in [3.8, 4) is 11.5 Å². The van der Waals surface area contributed by atoms with Gasteiger partial charge in [-0.05, 0) is 41.3 Å². The third kappa shape index (κ3) is 2.88. The first-order chi connectivity index (χ1) is 9.93. The predicted molar refractivity (Wildman–Crippen MR) is 85.4 cm³/mol. The first kappa shape index (κ1) is 14.0. The van der Waals surface area contributed by atoms with Gasteiger partial charge in [0.15, 0.2) is 0 Å². The Morgan fingerprint density at radius 1 is 1.10 bits per heavy atom. The van der Waals surface area contributed by atoms with Crippen molar-refractivity contribution in [2.75, 3.05) is 0 Å². The normalized spacial score (nSPS) is 11.8. The Labute approximate surface area is 129 Å². The molecule has 108 valence electrons. The van der Waals surface area contributed by atoms with E-state index in [0.717, 1.165) is 5.52 Å². The molecule has 0 aliphatic carbocycles. The van der Waals surface area contributed by atoms with Crippen LogP contribution in [0.3, 0.4) is 0 Å². The summed E-state index contributed by atoms with van der Waals surface area (Å²) >= 11 is 6.34. The van der Waals surface area contributed by atoms with Crippen molar-refractivity contribution in [1.82, 2.24) is 9.61 Å². The van der Waals surface area contributed by atoms with Crippen LogP contribution in [0.5, 0.6) is 11.5 Å². The van der Waals surface area contributed by atoms with Gasteiger partial charge in [0.1, 0.15) is 11.5 Å². The molecule has 0 unspecified atom stereocenters. The number of pyridine rings is 1. The number of benzene rings is 1. The fourth-order valence-electron chi connectivity index (χ4n) is 2.13. The molecule has 0 radical (unpaired) electrons. The molecule has 0 saturated heterocycles. The van der Waals surface area contributed by atoms with E-state index in [1.165, 1.54) is 5.56 Å². The summed E-state index contributed by atoms with van der Waals surface area (Å²) in [5, 5.41) is 4.81. The van der Waals surface area contributed by atoms with Gasteiger partial charge < -0.3 is 4.74 Å². The topological polar surface area (TPSA) is 26.5 Å². The predicted octanol–water partition coefficient (Wildman–Crippen LogP) is 5.08. The minimum absolute atomic E-state index is 0.0656. The van der Waals surface area contributed by atoms with E-state index in [0.29, 0.717) is 16.5 Å². The van der Waals surface area contributed by atoms with Crippen molar-refractivity contribution >= 4 is 17.1 Å². The summed E-state index contributed by atoms with van der Waals surface area (Å²) in [6.07, 6.45) is 3.59. The van der Waals surface area contributed by atoms with E-state index in [-0.39, 0.29) is 5.41 Å². The minimum Gasteiger partial charge on any atom is -0.454 e. The number of hydrogen-bond acceptors (Lipinski definition) is 2. The summed E-state index contributed by atoms with van der Waals surface area (Å²) in [5.74, 6) is 1.35. The number of nitrogens with zero attached hydrogens (tertiary/aromatic N) is 2. The largest absolute Gasteiger partial charge is 0.454 e. The SMILES string of the molecule is CC(C)(C)c1ccc(Oc2ccc3ccnn3c2)c(Cl)c1. The molecule has 3 aromatic rings. The highest BCUT2D eigenvalue weighted by Gasteiger charge is 2.15. The van der Waals surface area contributed by atoms with Crippen molar-refractivity contribution in [2.45, 2.75) is 26.2 Å².